The van der Waals surface area contributed by atoms with Crippen molar-refractivity contribution in [1.82, 2.24) is 0 Å². The molecule has 0 bridgehead atoms. The zero-order chi connectivity index (χ0) is 23.8. The maximum Gasteiger partial charge on any atom is 0.241 e. The average Bonchev–Trinajstić information content (AvgIpc) is 3.42. The third-order valence-corrected chi connectivity index (χ3v) is 7.55. The SMILES string of the molecule is O=C1[C@@H]2[C@@H](c3ccccc3)OC3(C(=O)c4ccccc4C3=O)[C@@H]2C(=O)N1c1ccc(Cl)c(Cl)c1. The number of hydrogen-bond donors (Lipinski definition) is 0. The number of halogens is 2. The molecule has 0 aromatic heterocycles. The summed E-state index contributed by atoms with van der Waals surface area (Å²) in [6, 6.07) is 19.6. The minimum Gasteiger partial charge on any atom is -0.349 e. The molecule has 2 amide bonds. The molecule has 3 aliphatic rings. The monoisotopic (exact) mass is 491 g/mol. The Bertz CT molecular complexity index is 1380. The first-order valence-electron chi connectivity index (χ1n) is 10.6. The Morgan fingerprint density at radius 1 is 0.735 bits per heavy atom. The van der Waals surface area contributed by atoms with Crippen molar-refractivity contribution < 1.29 is 23.9 Å². The molecule has 0 unspecified atom stereocenters. The second-order valence-corrected chi connectivity index (χ2v) is 9.32. The maximum atomic E-state index is 13.8. The summed E-state index contributed by atoms with van der Waals surface area (Å²) in [6.45, 7) is 0. The van der Waals surface area contributed by atoms with Crippen LogP contribution >= 0.6 is 23.2 Å². The van der Waals surface area contributed by atoms with Gasteiger partial charge in [-0.3, -0.25) is 19.2 Å². The normalized spacial score (nSPS) is 24.8. The first-order chi connectivity index (χ1) is 16.4. The quantitative estimate of drug-likeness (QED) is 0.383. The van der Waals surface area contributed by atoms with Crippen molar-refractivity contribution in [3.05, 3.63) is 99.5 Å². The lowest BCUT2D eigenvalue weighted by atomic mass is 9.77. The lowest BCUT2D eigenvalue weighted by molar-refractivity contribution is -0.127. The van der Waals surface area contributed by atoms with Gasteiger partial charge in [0.25, 0.3) is 0 Å². The highest BCUT2D eigenvalue weighted by atomic mass is 35.5. The third-order valence-electron chi connectivity index (χ3n) is 6.81. The van der Waals surface area contributed by atoms with Crippen LogP contribution in [0, 0.1) is 11.8 Å². The van der Waals surface area contributed by atoms with Gasteiger partial charge in [-0.1, -0.05) is 77.8 Å². The van der Waals surface area contributed by atoms with Crippen LogP contribution in [0.3, 0.4) is 0 Å². The van der Waals surface area contributed by atoms with E-state index >= 15 is 0 Å². The molecule has 2 saturated heterocycles. The molecule has 168 valence electrons. The molecule has 1 aliphatic carbocycles. The minimum absolute atomic E-state index is 0.169. The number of fused-ring (bicyclic) bond motifs is 3. The molecule has 6 rings (SSSR count). The highest BCUT2D eigenvalue weighted by Gasteiger charge is 2.74. The van der Waals surface area contributed by atoms with Crippen molar-refractivity contribution in [2.45, 2.75) is 11.7 Å². The van der Waals surface area contributed by atoms with E-state index in [9.17, 15) is 19.2 Å². The molecule has 6 nitrogen and oxygen atoms in total. The standard InChI is InChI=1S/C26H15Cl2NO5/c27-17-11-10-14(12-18(17)28)29-24(32)19-20(25(29)33)26(34-21(19)13-6-2-1-3-7-13)22(30)15-8-4-5-9-16(15)23(26)31/h1-12,19-21H/t19-,20-,21+/m0/s1. The van der Waals surface area contributed by atoms with Crippen molar-refractivity contribution in [3.63, 3.8) is 0 Å². The fraction of sp³-hybridized carbons (Fsp3) is 0.154. The number of hydrogen-bond acceptors (Lipinski definition) is 5. The Morgan fingerprint density at radius 3 is 1.97 bits per heavy atom. The van der Waals surface area contributed by atoms with E-state index < -0.39 is 46.9 Å². The van der Waals surface area contributed by atoms with E-state index in [1.54, 1.807) is 42.5 Å². The van der Waals surface area contributed by atoms with Gasteiger partial charge in [0.05, 0.1) is 33.7 Å². The van der Waals surface area contributed by atoms with Gasteiger partial charge >= 0.3 is 0 Å². The van der Waals surface area contributed by atoms with E-state index in [0.717, 1.165) is 4.90 Å². The molecule has 2 heterocycles. The number of ketones is 2. The highest BCUT2D eigenvalue weighted by molar-refractivity contribution is 6.42. The van der Waals surface area contributed by atoms with Gasteiger partial charge in [0, 0.05) is 11.1 Å². The summed E-state index contributed by atoms with van der Waals surface area (Å²) < 4.78 is 6.22. The second-order valence-electron chi connectivity index (χ2n) is 8.50. The Morgan fingerprint density at radius 2 is 1.35 bits per heavy atom. The van der Waals surface area contributed by atoms with E-state index in [1.165, 1.54) is 30.3 Å². The summed E-state index contributed by atoms with van der Waals surface area (Å²) in [5, 5.41) is 0.436. The number of carbonyl (C=O) groups is 4. The van der Waals surface area contributed by atoms with Gasteiger partial charge in [0.2, 0.25) is 29.0 Å². The summed E-state index contributed by atoms with van der Waals surface area (Å²) in [5.41, 5.74) is -0.910. The zero-order valence-corrected chi connectivity index (χ0v) is 18.9. The van der Waals surface area contributed by atoms with Crippen LogP contribution in [-0.4, -0.2) is 29.0 Å². The summed E-state index contributed by atoms with van der Waals surface area (Å²) in [7, 11) is 0. The van der Waals surface area contributed by atoms with Gasteiger partial charge in [-0.15, -0.1) is 0 Å². The second kappa shape index (κ2) is 7.34. The van der Waals surface area contributed by atoms with Crippen molar-refractivity contribution in [2.24, 2.45) is 11.8 Å². The van der Waals surface area contributed by atoms with Crippen molar-refractivity contribution in [2.75, 3.05) is 4.90 Å². The topological polar surface area (TPSA) is 80.8 Å². The Hall–Kier alpha value is -3.32. The van der Waals surface area contributed by atoms with Gasteiger partial charge < -0.3 is 4.74 Å². The van der Waals surface area contributed by atoms with Gasteiger partial charge in [0.1, 0.15) is 0 Å². The number of ether oxygens (including phenoxy) is 1. The largest absolute Gasteiger partial charge is 0.349 e. The molecule has 3 aromatic rings. The molecule has 0 N–H and O–H groups in total. The van der Waals surface area contributed by atoms with Crippen LogP contribution in [0.1, 0.15) is 32.4 Å². The molecule has 2 fully saturated rings. The van der Waals surface area contributed by atoms with Crippen LogP contribution in [0.25, 0.3) is 0 Å². The van der Waals surface area contributed by atoms with Crippen LogP contribution in [-0.2, 0) is 14.3 Å². The maximum absolute atomic E-state index is 13.8. The van der Waals surface area contributed by atoms with Crippen molar-refractivity contribution in [3.8, 4) is 0 Å². The van der Waals surface area contributed by atoms with Gasteiger partial charge in [-0.05, 0) is 23.8 Å². The van der Waals surface area contributed by atoms with Crippen LogP contribution in [0.4, 0.5) is 5.69 Å². The number of nitrogens with zero attached hydrogens (tertiary/aromatic N) is 1. The minimum atomic E-state index is -2.10. The fourth-order valence-corrected chi connectivity index (χ4v) is 5.63. The van der Waals surface area contributed by atoms with Crippen LogP contribution in [0.2, 0.25) is 10.0 Å². The predicted octanol–water partition coefficient (Wildman–Crippen LogP) is 4.69. The van der Waals surface area contributed by atoms with Crippen LogP contribution in [0.5, 0.6) is 0 Å². The van der Waals surface area contributed by atoms with Crippen molar-refractivity contribution >= 4 is 52.3 Å². The van der Waals surface area contributed by atoms with E-state index in [4.69, 9.17) is 27.9 Å². The molecular formula is C26H15Cl2NO5. The first-order valence-corrected chi connectivity index (χ1v) is 11.4. The highest BCUT2D eigenvalue weighted by Crippen LogP contribution is 2.57. The molecule has 1 spiro atoms. The number of carbonyl (C=O) groups excluding carboxylic acids is 4. The fourth-order valence-electron chi connectivity index (χ4n) is 5.34. The van der Waals surface area contributed by atoms with Gasteiger partial charge in [-0.25, -0.2) is 4.90 Å². The summed E-state index contributed by atoms with van der Waals surface area (Å²) in [4.78, 5) is 55.9. The molecule has 0 saturated carbocycles. The number of imide groups is 1. The van der Waals surface area contributed by atoms with E-state index in [1.807, 2.05) is 0 Å². The number of anilines is 1. The Kier molecular flexibility index (Phi) is 4.58. The molecule has 3 aromatic carbocycles. The number of Topliss-reactive ketones (excluding diaryl/α,β-unsaturated/α-hetero) is 2. The molecular weight excluding hydrogens is 477 g/mol. The summed E-state index contributed by atoms with van der Waals surface area (Å²) in [5.74, 6) is -4.81. The number of amides is 2. The number of benzene rings is 3. The molecule has 0 radical (unpaired) electrons. The number of rotatable bonds is 2. The molecule has 8 heteroatoms. The average molecular weight is 492 g/mol. The first kappa shape index (κ1) is 21.2. The van der Waals surface area contributed by atoms with E-state index in [2.05, 4.69) is 0 Å². The Labute approximate surface area is 204 Å². The molecule has 3 atom stereocenters. The zero-order valence-electron chi connectivity index (χ0n) is 17.4. The van der Waals surface area contributed by atoms with Gasteiger partial charge in [-0.2, -0.15) is 0 Å². The summed E-state index contributed by atoms with van der Waals surface area (Å²) >= 11 is 12.2. The smallest absolute Gasteiger partial charge is 0.241 e. The van der Waals surface area contributed by atoms with Gasteiger partial charge in [0.15, 0.2) is 0 Å². The van der Waals surface area contributed by atoms with Crippen LogP contribution < -0.4 is 4.90 Å². The lowest BCUT2D eigenvalue weighted by Crippen LogP contribution is -2.51. The molecule has 34 heavy (non-hydrogen) atoms. The van der Waals surface area contributed by atoms with E-state index in [-0.39, 0.29) is 26.9 Å². The summed E-state index contributed by atoms with van der Waals surface area (Å²) in [6.07, 6.45) is -0.961. The van der Waals surface area contributed by atoms with E-state index in [0.29, 0.717) is 5.56 Å². The van der Waals surface area contributed by atoms with Crippen molar-refractivity contribution in [1.29, 1.82) is 0 Å². The Balaban J connectivity index is 1.55. The van der Waals surface area contributed by atoms with Crippen LogP contribution in [0.15, 0.2) is 72.8 Å². The molecule has 2 aliphatic heterocycles. The third kappa shape index (κ3) is 2.61. The lowest BCUT2D eigenvalue weighted by Gasteiger charge is -2.27. The predicted molar refractivity (Wildman–Crippen MR) is 124 cm³/mol.